The third-order valence-electron chi connectivity index (χ3n) is 4.17. The maximum atomic E-state index is 12.5. The second-order valence-electron chi connectivity index (χ2n) is 6.16. The van der Waals surface area contributed by atoms with E-state index in [2.05, 4.69) is 5.10 Å². The molecule has 0 bridgehead atoms. The van der Waals surface area contributed by atoms with Crippen molar-refractivity contribution >= 4 is 5.91 Å². The Morgan fingerprint density at radius 1 is 1.07 bits per heavy atom. The Kier molecular flexibility index (Phi) is 6.10. The van der Waals surface area contributed by atoms with Crippen molar-refractivity contribution in [1.29, 1.82) is 0 Å². The molecule has 0 fully saturated rings. The molecule has 0 radical (unpaired) electrons. The summed E-state index contributed by atoms with van der Waals surface area (Å²) in [6.45, 7) is 1.53. The first-order valence-electron chi connectivity index (χ1n) is 8.74. The molecule has 3 rings (SSSR count). The van der Waals surface area contributed by atoms with Crippen molar-refractivity contribution in [2.45, 2.75) is 6.54 Å². The first-order chi connectivity index (χ1) is 13.2. The number of nitrogens with zero attached hydrogens (tertiary/aromatic N) is 3. The van der Waals surface area contributed by atoms with E-state index < -0.39 is 0 Å². The monoisotopic (exact) mass is 365 g/mol. The zero-order chi connectivity index (χ0) is 19.1. The van der Waals surface area contributed by atoms with Gasteiger partial charge < -0.3 is 14.4 Å². The first-order valence-corrected chi connectivity index (χ1v) is 8.74. The third-order valence-corrected chi connectivity index (χ3v) is 4.17. The second kappa shape index (κ2) is 8.89. The molecule has 0 aliphatic rings. The van der Waals surface area contributed by atoms with Crippen LogP contribution in [0.2, 0.25) is 0 Å². The molecule has 0 aliphatic heterocycles. The molecule has 2 aromatic carbocycles. The van der Waals surface area contributed by atoms with Crippen molar-refractivity contribution < 1.29 is 14.3 Å². The highest BCUT2D eigenvalue weighted by atomic mass is 16.5. The summed E-state index contributed by atoms with van der Waals surface area (Å²) in [7, 11) is 3.38. The number of amides is 1. The number of likely N-dealkylation sites (N-methyl/N-ethyl adjacent to an activating group) is 1. The van der Waals surface area contributed by atoms with Gasteiger partial charge in [0.05, 0.1) is 32.0 Å². The van der Waals surface area contributed by atoms with Crippen LogP contribution in [0.1, 0.15) is 15.9 Å². The van der Waals surface area contributed by atoms with Gasteiger partial charge in [0, 0.05) is 13.2 Å². The van der Waals surface area contributed by atoms with Gasteiger partial charge in [-0.15, -0.1) is 0 Å². The molecule has 0 unspecified atom stereocenters. The number of carbonyl (C=O) groups excluding carboxylic acids is 1. The minimum Gasteiger partial charge on any atom is -0.497 e. The van der Waals surface area contributed by atoms with Gasteiger partial charge in [0.25, 0.3) is 5.91 Å². The lowest BCUT2D eigenvalue weighted by atomic mass is 10.2. The van der Waals surface area contributed by atoms with Crippen LogP contribution in [0.5, 0.6) is 11.5 Å². The molecule has 0 spiro atoms. The zero-order valence-corrected chi connectivity index (χ0v) is 15.5. The predicted molar refractivity (Wildman–Crippen MR) is 103 cm³/mol. The fourth-order valence-electron chi connectivity index (χ4n) is 2.63. The molecule has 0 aliphatic carbocycles. The molecule has 140 valence electrons. The standard InChI is InChI=1S/C21H23N3O3/c1-23(12-13-27-20-10-8-19(26-2)9-11-20)21(25)18-14-22-24(16-18)15-17-6-4-3-5-7-17/h3-11,14,16H,12-13,15H2,1-2H3. The minimum absolute atomic E-state index is 0.0763. The molecule has 0 saturated heterocycles. The van der Waals surface area contributed by atoms with Crippen molar-refractivity contribution in [2.24, 2.45) is 0 Å². The largest absolute Gasteiger partial charge is 0.497 e. The average Bonchev–Trinajstić information content (AvgIpc) is 3.17. The Morgan fingerprint density at radius 2 is 1.78 bits per heavy atom. The number of ether oxygens (including phenoxy) is 2. The molecule has 1 amide bonds. The highest BCUT2D eigenvalue weighted by Gasteiger charge is 2.14. The van der Waals surface area contributed by atoms with Gasteiger partial charge in [-0.2, -0.15) is 5.10 Å². The van der Waals surface area contributed by atoms with E-state index in [-0.39, 0.29) is 5.91 Å². The molecule has 1 heterocycles. The van der Waals surface area contributed by atoms with E-state index in [1.54, 1.807) is 36.1 Å². The van der Waals surface area contributed by atoms with Gasteiger partial charge >= 0.3 is 0 Å². The normalized spacial score (nSPS) is 10.4. The molecule has 0 N–H and O–H groups in total. The van der Waals surface area contributed by atoms with Crippen LogP contribution >= 0.6 is 0 Å². The fourth-order valence-corrected chi connectivity index (χ4v) is 2.63. The van der Waals surface area contributed by atoms with Gasteiger partial charge in [-0.3, -0.25) is 9.48 Å². The Labute approximate surface area is 158 Å². The Balaban J connectivity index is 1.49. The number of benzene rings is 2. The summed E-state index contributed by atoms with van der Waals surface area (Å²) >= 11 is 0. The van der Waals surface area contributed by atoms with E-state index in [0.29, 0.717) is 25.3 Å². The van der Waals surface area contributed by atoms with Crippen molar-refractivity contribution in [3.8, 4) is 11.5 Å². The van der Waals surface area contributed by atoms with E-state index in [1.807, 2.05) is 54.6 Å². The van der Waals surface area contributed by atoms with Crippen molar-refractivity contribution in [3.05, 3.63) is 78.1 Å². The summed E-state index contributed by atoms with van der Waals surface area (Å²) in [5.41, 5.74) is 1.71. The predicted octanol–water partition coefficient (Wildman–Crippen LogP) is 3.09. The Hall–Kier alpha value is -3.28. The van der Waals surface area contributed by atoms with Crippen LogP contribution < -0.4 is 9.47 Å². The van der Waals surface area contributed by atoms with Gasteiger partial charge in [-0.05, 0) is 29.8 Å². The van der Waals surface area contributed by atoms with Crippen LogP contribution in [0.25, 0.3) is 0 Å². The number of hydrogen-bond donors (Lipinski definition) is 0. The molecule has 0 atom stereocenters. The summed E-state index contributed by atoms with van der Waals surface area (Å²) in [5.74, 6) is 1.45. The summed E-state index contributed by atoms with van der Waals surface area (Å²) in [6.07, 6.45) is 3.38. The van der Waals surface area contributed by atoms with Crippen molar-refractivity contribution in [2.75, 3.05) is 27.3 Å². The maximum absolute atomic E-state index is 12.5. The summed E-state index contributed by atoms with van der Waals surface area (Å²) in [5, 5.41) is 4.29. The number of hydrogen-bond acceptors (Lipinski definition) is 4. The zero-order valence-electron chi connectivity index (χ0n) is 15.5. The van der Waals surface area contributed by atoms with Crippen molar-refractivity contribution in [1.82, 2.24) is 14.7 Å². The number of rotatable bonds is 8. The molecular weight excluding hydrogens is 342 g/mol. The Bertz CT molecular complexity index is 860. The summed E-state index contributed by atoms with van der Waals surface area (Å²) < 4.78 is 12.6. The van der Waals surface area contributed by atoms with Crippen LogP contribution in [0.15, 0.2) is 67.0 Å². The lowest BCUT2D eigenvalue weighted by molar-refractivity contribution is 0.0773. The summed E-state index contributed by atoms with van der Waals surface area (Å²) in [6, 6.07) is 17.4. The molecule has 3 aromatic rings. The number of carbonyl (C=O) groups is 1. The third kappa shape index (κ3) is 5.10. The number of aromatic nitrogens is 2. The van der Waals surface area contributed by atoms with Gasteiger partial charge in [0.1, 0.15) is 18.1 Å². The fraction of sp³-hybridized carbons (Fsp3) is 0.238. The maximum Gasteiger partial charge on any atom is 0.256 e. The molecule has 6 nitrogen and oxygen atoms in total. The van der Waals surface area contributed by atoms with E-state index in [9.17, 15) is 4.79 Å². The van der Waals surface area contributed by atoms with E-state index in [0.717, 1.165) is 17.1 Å². The lowest BCUT2D eigenvalue weighted by Gasteiger charge is -2.16. The summed E-state index contributed by atoms with van der Waals surface area (Å²) in [4.78, 5) is 14.2. The van der Waals surface area contributed by atoms with Crippen molar-refractivity contribution in [3.63, 3.8) is 0 Å². The second-order valence-corrected chi connectivity index (χ2v) is 6.16. The first kappa shape index (κ1) is 18.5. The van der Waals surface area contributed by atoms with E-state index >= 15 is 0 Å². The highest BCUT2D eigenvalue weighted by molar-refractivity contribution is 5.93. The van der Waals surface area contributed by atoms with Crippen LogP contribution in [0.4, 0.5) is 0 Å². The lowest BCUT2D eigenvalue weighted by Crippen LogP contribution is -2.30. The molecule has 0 saturated carbocycles. The van der Waals surface area contributed by atoms with Gasteiger partial charge in [-0.1, -0.05) is 30.3 Å². The molecule has 6 heteroatoms. The van der Waals surface area contributed by atoms with E-state index in [1.165, 1.54) is 0 Å². The van der Waals surface area contributed by atoms with Crippen LogP contribution in [-0.4, -0.2) is 47.9 Å². The average molecular weight is 365 g/mol. The van der Waals surface area contributed by atoms with Crippen LogP contribution in [0.3, 0.4) is 0 Å². The number of methoxy groups -OCH3 is 1. The minimum atomic E-state index is -0.0763. The smallest absolute Gasteiger partial charge is 0.256 e. The van der Waals surface area contributed by atoms with Crippen LogP contribution in [0, 0.1) is 0 Å². The van der Waals surface area contributed by atoms with Crippen LogP contribution in [-0.2, 0) is 6.54 Å². The van der Waals surface area contributed by atoms with E-state index in [4.69, 9.17) is 9.47 Å². The van der Waals surface area contributed by atoms with Gasteiger partial charge in [0.2, 0.25) is 0 Å². The van der Waals surface area contributed by atoms with Gasteiger partial charge in [-0.25, -0.2) is 0 Å². The van der Waals surface area contributed by atoms with Gasteiger partial charge in [0.15, 0.2) is 0 Å². The molecular formula is C21H23N3O3. The molecule has 1 aromatic heterocycles. The highest BCUT2D eigenvalue weighted by Crippen LogP contribution is 2.17. The quantitative estimate of drug-likeness (QED) is 0.616. The SMILES string of the molecule is COc1ccc(OCCN(C)C(=O)c2cnn(Cc3ccccc3)c2)cc1. The Morgan fingerprint density at radius 3 is 2.48 bits per heavy atom. The molecule has 27 heavy (non-hydrogen) atoms. The topological polar surface area (TPSA) is 56.6 Å².